The van der Waals surface area contributed by atoms with Gasteiger partial charge in [0.05, 0.1) is 11.4 Å². The van der Waals surface area contributed by atoms with Gasteiger partial charge in [0, 0.05) is 37.0 Å². The smallest absolute Gasteiger partial charge is 0.207 e. The topological polar surface area (TPSA) is 39.1 Å². The molecule has 21 heavy (non-hydrogen) atoms. The van der Waals surface area contributed by atoms with Gasteiger partial charge in [-0.2, -0.15) is 0 Å². The number of benzene rings is 1. The van der Waals surface area contributed by atoms with E-state index < -0.39 is 11.6 Å². The van der Waals surface area contributed by atoms with Gasteiger partial charge in [-0.1, -0.05) is 0 Å². The van der Waals surface area contributed by atoms with Crippen molar-refractivity contribution in [2.75, 3.05) is 19.0 Å². The van der Waals surface area contributed by atoms with Gasteiger partial charge in [-0.15, -0.1) is 0 Å². The van der Waals surface area contributed by atoms with Crippen molar-refractivity contribution in [2.45, 2.75) is 19.9 Å². The number of nitrogens with zero attached hydrogens (tertiary/aromatic N) is 2. The Morgan fingerprint density at radius 2 is 2.14 bits per heavy atom. The van der Waals surface area contributed by atoms with E-state index >= 15 is 0 Å². The first-order valence-electron chi connectivity index (χ1n) is 6.45. The minimum atomic E-state index is -0.675. The van der Waals surface area contributed by atoms with E-state index in [1.165, 1.54) is 6.07 Å². The fourth-order valence-electron chi connectivity index (χ4n) is 1.97. The minimum Gasteiger partial charge on any atom is -0.385 e. The predicted octanol–water partition coefficient (Wildman–Crippen LogP) is 4.01. The number of hydrogen-bond donors (Lipinski definition) is 1. The van der Waals surface area contributed by atoms with Gasteiger partial charge < -0.3 is 14.6 Å². The zero-order chi connectivity index (χ0) is 15.4. The summed E-state index contributed by atoms with van der Waals surface area (Å²) in [6.45, 7) is 3.18. The van der Waals surface area contributed by atoms with Gasteiger partial charge >= 0.3 is 0 Å². The Labute approximate surface area is 130 Å². The molecule has 0 amide bonds. The van der Waals surface area contributed by atoms with Gasteiger partial charge in [0.2, 0.25) is 5.95 Å². The molecule has 7 heteroatoms. The van der Waals surface area contributed by atoms with Crippen LogP contribution in [0.5, 0.6) is 0 Å². The van der Waals surface area contributed by atoms with Crippen LogP contribution in [0.2, 0.25) is 0 Å². The molecule has 1 aromatic carbocycles. The SMILES string of the molecule is COCCCn1cc(C)nc1Nc1c(F)cc(F)cc1Br. The minimum absolute atomic E-state index is 0.162. The molecular formula is C14H16BrF2N3O. The van der Waals surface area contributed by atoms with Crippen LogP contribution in [-0.2, 0) is 11.3 Å². The summed E-state index contributed by atoms with van der Waals surface area (Å²) in [5, 5.41) is 2.91. The lowest BCUT2D eigenvalue weighted by Crippen LogP contribution is -2.06. The normalized spacial score (nSPS) is 10.9. The number of hydrogen-bond acceptors (Lipinski definition) is 3. The second kappa shape index (κ2) is 7.00. The average molecular weight is 360 g/mol. The summed E-state index contributed by atoms with van der Waals surface area (Å²) in [6.07, 6.45) is 2.68. The Morgan fingerprint density at radius 1 is 1.38 bits per heavy atom. The van der Waals surface area contributed by atoms with Crippen molar-refractivity contribution in [3.05, 3.63) is 40.1 Å². The summed E-state index contributed by atoms with van der Waals surface area (Å²) in [7, 11) is 1.64. The van der Waals surface area contributed by atoms with Crippen molar-refractivity contribution in [3.8, 4) is 0 Å². The molecule has 1 aromatic heterocycles. The lowest BCUT2D eigenvalue weighted by molar-refractivity contribution is 0.190. The van der Waals surface area contributed by atoms with E-state index in [0.29, 0.717) is 23.6 Å². The molecule has 0 saturated heterocycles. The maximum Gasteiger partial charge on any atom is 0.207 e. The van der Waals surface area contributed by atoms with Crippen molar-refractivity contribution in [1.82, 2.24) is 9.55 Å². The zero-order valence-electron chi connectivity index (χ0n) is 11.8. The highest BCUT2D eigenvalue weighted by molar-refractivity contribution is 9.10. The van der Waals surface area contributed by atoms with Gasteiger partial charge in [-0.25, -0.2) is 13.8 Å². The molecule has 4 nitrogen and oxygen atoms in total. The highest BCUT2D eigenvalue weighted by atomic mass is 79.9. The molecule has 0 atom stereocenters. The quantitative estimate of drug-likeness (QED) is 0.792. The number of nitrogens with one attached hydrogen (secondary N) is 1. The molecule has 0 spiro atoms. The lowest BCUT2D eigenvalue weighted by Gasteiger charge is -2.11. The third-order valence-electron chi connectivity index (χ3n) is 2.89. The summed E-state index contributed by atoms with van der Waals surface area (Å²) >= 11 is 3.15. The number of methoxy groups -OCH3 is 1. The van der Waals surface area contributed by atoms with Crippen LogP contribution in [0.4, 0.5) is 20.4 Å². The van der Waals surface area contributed by atoms with Crippen molar-refractivity contribution < 1.29 is 13.5 Å². The molecule has 0 saturated carbocycles. The van der Waals surface area contributed by atoms with Gasteiger partial charge in [-0.3, -0.25) is 0 Å². The van der Waals surface area contributed by atoms with E-state index in [0.717, 1.165) is 18.2 Å². The first kappa shape index (κ1) is 15.9. The molecule has 0 aliphatic rings. The molecule has 0 radical (unpaired) electrons. The van der Waals surface area contributed by atoms with Gasteiger partial charge in [0.15, 0.2) is 5.82 Å². The van der Waals surface area contributed by atoms with Crippen LogP contribution >= 0.6 is 15.9 Å². The van der Waals surface area contributed by atoms with E-state index in [1.807, 2.05) is 17.7 Å². The Bertz CT molecular complexity index is 608. The molecule has 2 rings (SSSR count). The number of halogens is 3. The standard InChI is InChI=1S/C14H16BrF2N3O/c1-9-8-20(4-3-5-21-2)14(18-9)19-13-11(15)6-10(16)7-12(13)17/h6-8H,3-5H2,1-2H3,(H,18,19). The average Bonchev–Trinajstić information content (AvgIpc) is 2.74. The fraction of sp³-hybridized carbons (Fsp3) is 0.357. The summed E-state index contributed by atoms with van der Waals surface area (Å²) in [5.74, 6) is -0.801. The van der Waals surface area contributed by atoms with E-state index in [2.05, 4.69) is 26.2 Å². The summed E-state index contributed by atoms with van der Waals surface area (Å²) < 4.78 is 34.2. The highest BCUT2D eigenvalue weighted by Gasteiger charge is 2.13. The molecule has 1 heterocycles. The Morgan fingerprint density at radius 3 is 2.81 bits per heavy atom. The number of aromatic nitrogens is 2. The van der Waals surface area contributed by atoms with Gasteiger partial charge in [0.1, 0.15) is 5.82 Å². The molecule has 114 valence electrons. The molecule has 0 bridgehead atoms. The first-order chi connectivity index (χ1) is 10.0. The van der Waals surface area contributed by atoms with Crippen molar-refractivity contribution >= 4 is 27.6 Å². The molecule has 0 aliphatic heterocycles. The van der Waals surface area contributed by atoms with E-state index in [-0.39, 0.29) is 5.69 Å². The Hall–Kier alpha value is -1.47. The van der Waals surface area contributed by atoms with Crippen molar-refractivity contribution in [3.63, 3.8) is 0 Å². The summed E-state index contributed by atoms with van der Waals surface area (Å²) in [5.41, 5.74) is 0.976. The maximum absolute atomic E-state index is 13.9. The van der Waals surface area contributed by atoms with Crippen LogP contribution in [0.15, 0.2) is 22.8 Å². The van der Waals surface area contributed by atoms with E-state index in [9.17, 15) is 8.78 Å². The molecule has 0 aliphatic carbocycles. The van der Waals surface area contributed by atoms with Crippen molar-refractivity contribution in [1.29, 1.82) is 0 Å². The van der Waals surface area contributed by atoms with Crippen LogP contribution in [0.25, 0.3) is 0 Å². The molecule has 0 unspecified atom stereocenters. The number of rotatable bonds is 6. The molecule has 1 N–H and O–H groups in total. The number of ether oxygens (including phenoxy) is 1. The Balaban J connectivity index is 2.23. The maximum atomic E-state index is 13.9. The lowest BCUT2D eigenvalue weighted by atomic mass is 10.3. The van der Waals surface area contributed by atoms with Crippen LogP contribution in [0, 0.1) is 18.6 Å². The number of imidazole rings is 1. The predicted molar refractivity (Wildman–Crippen MR) is 80.8 cm³/mol. The molecular weight excluding hydrogens is 344 g/mol. The fourth-order valence-corrected chi connectivity index (χ4v) is 2.48. The van der Waals surface area contributed by atoms with Gasteiger partial charge in [0.25, 0.3) is 0 Å². The summed E-state index contributed by atoms with van der Waals surface area (Å²) in [4.78, 5) is 4.32. The van der Waals surface area contributed by atoms with E-state index in [4.69, 9.17) is 4.74 Å². The van der Waals surface area contributed by atoms with Crippen LogP contribution in [0.1, 0.15) is 12.1 Å². The number of aryl methyl sites for hydroxylation is 2. The van der Waals surface area contributed by atoms with Crippen molar-refractivity contribution in [2.24, 2.45) is 0 Å². The van der Waals surface area contributed by atoms with Gasteiger partial charge in [-0.05, 0) is 35.3 Å². The second-order valence-electron chi connectivity index (χ2n) is 4.62. The monoisotopic (exact) mass is 359 g/mol. The van der Waals surface area contributed by atoms with Crippen LogP contribution in [0.3, 0.4) is 0 Å². The van der Waals surface area contributed by atoms with Crippen LogP contribution < -0.4 is 5.32 Å². The third-order valence-corrected chi connectivity index (χ3v) is 3.51. The summed E-state index contributed by atoms with van der Waals surface area (Å²) in [6, 6.07) is 2.04. The second-order valence-corrected chi connectivity index (χ2v) is 5.47. The molecule has 0 fully saturated rings. The van der Waals surface area contributed by atoms with E-state index in [1.54, 1.807) is 7.11 Å². The first-order valence-corrected chi connectivity index (χ1v) is 7.25. The molecule has 2 aromatic rings. The zero-order valence-corrected chi connectivity index (χ0v) is 13.4. The Kier molecular flexibility index (Phi) is 5.30. The largest absolute Gasteiger partial charge is 0.385 e. The number of anilines is 2. The van der Waals surface area contributed by atoms with Crippen LogP contribution in [-0.4, -0.2) is 23.3 Å². The third kappa shape index (κ3) is 4.01. The highest BCUT2D eigenvalue weighted by Crippen LogP contribution is 2.29.